The fourth-order valence-electron chi connectivity index (χ4n) is 1.39. The Bertz CT molecular complexity index is 475. The first-order valence-electron chi connectivity index (χ1n) is 5.58. The molecule has 1 aromatic carbocycles. The van der Waals surface area contributed by atoms with E-state index in [0.29, 0.717) is 11.6 Å². The molecule has 4 nitrogen and oxygen atoms in total. The lowest BCUT2D eigenvalue weighted by molar-refractivity contribution is -0.115. The van der Waals surface area contributed by atoms with E-state index in [-0.39, 0.29) is 11.9 Å². The smallest absolute Gasteiger partial charge is 0.250 e. The van der Waals surface area contributed by atoms with Crippen LogP contribution in [0.3, 0.4) is 0 Å². The van der Waals surface area contributed by atoms with Gasteiger partial charge in [-0.15, -0.1) is 0 Å². The Hall–Kier alpha value is -1.81. The summed E-state index contributed by atoms with van der Waals surface area (Å²) in [7, 11) is 0. The normalized spacial score (nSPS) is 11.8. The van der Waals surface area contributed by atoms with Crippen LogP contribution >= 0.6 is 11.6 Å². The summed E-state index contributed by atoms with van der Waals surface area (Å²) in [4.78, 5) is 15.4. The van der Waals surface area contributed by atoms with Crippen LogP contribution in [-0.4, -0.2) is 18.4 Å². The number of nitrogens with one attached hydrogen (secondary N) is 1. The summed E-state index contributed by atoms with van der Waals surface area (Å²) in [5, 5.41) is 3.05. The highest BCUT2D eigenvalue weighted by atomic mass is 35.5. The number of halogens is 1. The van der Waals surface area contributed by atoms with Gasteiger partial charge < -0.3 is 5.73 Å². The molecule has 0 heterocycles. The van der Waals surface area contributed by atoms with Crippen molar-refractivity contribution in [2.75, 3.05) is 6.54 Å². The topological polar surface area (TPSA) is 67.5 Å². The Kier molecular flexibility index (Phi) is 5.39. The molecule has 0 aliphatic carbocycles. The van der Waals surface area contributed by atoms with Crippen LogP contribution in [0.5, 0.6) is 0 Å². The first kappa shape index (κ1) is 14.3. The monoisotopic (exact) mass is 265 g/mol. The van der Waals surface area contributed by atoms with Crippen molar-refractivity contribution in [1.29, 1.82) is 0 Å². The number of aryl methyl sites for hydroxylation is 1. The minimum atomic E-state index is -0.330. The van der Waals surface area contributed by atoms with Crippen LogP contribution in [0.2, 0.25) is 5.02 Å². The number of amides is 1. The van der Waals surface area contributed by atoms with Gasteiger partial charge in [0.25, 0.3) is 5.91 Å². The highest BCUT2D eigenvalue weighted by Crippen LogP contribution is 2.20. The Balaban J connectivity index is 2.75. The zero-order chi connectivity index (χ0) is 13.5. The Morgan fingerprint density at radius 2 is 2.28 bits per heavy atom. The molecular formula is C13H16ClN3O. The van der Waals surface area contributed by atoms with E-state index in [1.54, 1.807) is 12.1 Å². The van der Waals surface area contributed by atoms with Crippen LogP contribution < -0.4 is 11.1 Å². The lowest BCUT2D eigenvalue weighted by Gasteiger charge is -2.03. The molecule has 0 atom stereocenters. The van der Waals surface area contributed by atoms with Gasteiger partial charge in [-0.3, -0.25) is 15.1 Å². The number of nitrogens with zero attached hydrogens (tertiary/aromatic N) is 1. The van der Waals surface area contributed by atoms with Gasteiger partial charge in [0, 0.05) is 17.6 Å². The van der Waals surface area contributed by atoms with Gasteiger partial charge in [-0.25, -0.2) is 0 Å². The van der Waals surface area contributed by atoms with E-state index >= 15 is 0 Å². The molecule has 0 aromatic heterocycles. The molecule has 1 amide bonds. The van der Waals surface area contributed by atoms with Gasteiger partial charge in [0.15, 0.2) is 5.96 Å². The molecule has 3 N–H and O–H groups in total. The molecule has 1 aromatic rings. The van der Waals surface area contributed by atoms with Crippen LogP contribution in [-0.2, 0) is 4.79 Å². The predicted molar refractivity (Wildman–Crippen MR) is 75.5 cm³/mol. The maximum atomic E-state index is 11.5. The number of carbonyl (C=O) groups is 1. The molecule has 18 heavy (non-hydrogen) atoms. The second-order valence-corrected chi connectivity index (χ2v) is 4.06. The molecule has 0 saturated heterocycles. The van der Waals surface area contributed by atoms with Crippen molar-refractivity contribution >= 4 is 29.5 Å². The number of rotatable bonds is 3. The van der Waals surface area contributed by atoms with Gasteiger partial charge in [0.2, 0.25) is 0 Å². The van der Waals surface area contributed by atoms with E-state index in [4.69, 9.17) is 17.3 Å². The fourth-order valence-corrected chi connectivity index (χ4v) is 1.68. The van der Waals surface area contributed by atoms with Crippen molar-refractivity contribution < 1.29 is 4.79 Å². The number of carbonyl (C=O) groups excluding carboxylic acids is 1. The minimum absolute atomic E-state index is 0.114. The highest BCUT2D eigenvalue weighted by Gasteiger charge is 2.01. The van der Waals surface area contributed by atoms with E-state index < -0.39 is 0 Å². The maximum absolute atomic E-state index is 11.5. The van der Waals surface area contributed by atoms with Crippen LogP contribution in [0.1, 0.15) is 18.1 Å². The first-order chi connectivity index (χ1) is 8.54. The molecule has 0 unspecified atom stereocenters. The summed E-state index contributed by atoms with van der Waals surface area (Å²) in [6.07, 6.45) is 3.04. The van der Waals surface area contributed by atoms with Crippen molar-refractivity contribution in [3.63, 3.8) is 0 Å². The SMILES string of the molecule is CCN=C(N)NC(=O)/C=C/c1c(C)cccc1Cl. The van der Waals surface area contributed by atoms with Gasteiger partial charge in [-0.1, -0.05) is 23.7 Å². The number of hydrogen-bond donors (Lipinski definition) is 2. The standard InChI is InChI=1S/C13H16ClN3O/c1-3-16-13(15)17-12(18)8-7-10-9(2)5-4-6-11(10)14/h4-8H,3H2,1-2H3,(H3,15,16,17,18)/b8-7+. The van der Waals surface area contributed by atoms with Crippen LogP contribution in [0, 0.1) is 6.92 Å². The molecule has 0 radical (unpaired) electrons. The van der Waals surface area contributed by atoms with Crippen LogP contribution in [0.15, 0.2) is 29.3 Å². The van der Waals surface area contributed by atoms with Gasteiger partial charge in [0.1, 0.15) is 0 Å². The third-order valence-electron chi connectivity index (χ3n) is 2.25. The zero-order valence-electron chi connectivity index (χ0n) is 10.4. The summed E-state index contributed by atoms with van der Waals surface area (Å²) in [5.74, 6) is -0.216. The second kappa shape index (κ2) is 6.81. The largest absolute Gasteiger partial charge is 0.370 e. The summed E-state index contributed by atoms with van der Waals surface area (Å²) < 4.78 is 0. The van der Waals surface area contributed by atoms with Crippen LogP contribution in [0.25, 0.3) is 6.08 Å². The van der Waals surface area contributed by atoms with Crippen molar-refractivity contribution in [2.24, 2.45) is 10.7 Å². The number of benzene rings is 1. The second-order valence-electron chi connectivity index (χ2n) is 3.65. The molecule has 0 bridgehead atoms. The minimum Gasteiger partial charge on any atom is -0.370 e. The van der Waals surface area contributed by atoms with Crippen molar-refractivity contribution in [3.8, 4) is 0 Å². The predicted octanol–water partition coefficient (Wildman–Crippen LogP) is 2.11. The van der Waals surface area contributed by atoms with Crippen molar-refractivity contribution in [2.45, 2.75) is 13.8 Å². The number of aliphatic imine (C=N–C) groups is 1. The van der Waals surface area contributed by atoms with Gasteiger partial charge >= 0.3 is 0 Å². The lowest BCUT2D eigenvalue weighted by atomic mass is 10.1. The summed E-state index contributed by atoms with van der Waals surface area (Å²) >= 11 is 6.04. The molecule has 5 heteroatoms. The molecule has 0 saturated carbocycles. The molecule has 0 spiro atoms. The average molecular weight is 266 g/mol. The summed E-state index contributed by atoms with van der Waals surface area (Å²) in [5.41, 5.74) is 7.29. The maximum Gasteiger partial charge on any atom is 0.250 e. The number of guanidine groups is 1. The van der Waals surface area contributed by atoms with E-state index in [9.17, 15) is 4.79 Å². The van der Waals surface area contributed by atoms with E-state index in [1.165, 1.54) is 6.08 Å². The van der Waals surface area contributed by atoms with Crippen molar-refractivity contribution in [1.82, 2.24) is 5.32 Å². The first-order valence-corrected chi connectivity index (χ1v) is 5.96. The molecule has 0 aliphatic heterocycles. The molecule has 1 rings (SSSR count). The Morgan fingerprint density at radius 3 is 2.89 bits per heavy atom. The average Bonchev–Trinajstić information content (AvgIpc) is 2.28. The summed E-state index contributed by atoms with van der Waals surface area (Å²) in [6.45, 7) is 4.29. The van der Waals surface area contributed by atoms with Gasteiger partial charge in [-0.05, 0) is 37.1 Å². The third-order valence-corrected chi connectivity index (χ3v) is 2.58. The number of hydrogen-bond acceptors (Lipinski definition) is 2. The number of nitrogens with two attached hydrogens (primary N) is 1. The summed E-state index contributed by atoms with van der Waals surface area (Å²) in [6, 6.07) is 5.57. The van der Waals surface area contributed by atoms with Crippen molar-refractivity contribution in [3.05, 3.63) is 40.4 Å². The fraction of sp³-hybridized carbons (Fsp3) is 0.231. The molecular weight excluding hydrogens is 250 g/mol. The zero-order valence-corrected chi connectivity index (χ0v) is 11.2. The highest BCUT2D eigenvalue weighted by molar-refractivity contribution is 6.32. The van der Waals surface area contributed by atoms with E-state index in [2.05, 4.69) is 10.3 Å². The lowest BCUT2D eigenvalue weighted by Crippen LogP contribution is -2.35. The van der Waals surface area contributed by atoms with Gasteiger partial charge in [-0.2, -0.15) is 0 Å². The molecule has 96 valence electrons. The quantitative estimate of drug-likeness (QED) is 0.499. The van der Waals surface area contributed by atoms with E-state index in [0.717, 1.165) is 11.1 Å². The third kappa shape index (κ3) is 4.22. The van der Waals surface area contributed by atoms with Gasteiger partial charge in [0.05, 0.1) is 0 Å². The van der Waals surface area contributed by atoms with Crippen LogP contribution in [0.4, 0.5) is 0 Å². The van der Waals surface area contributed by atoms with E-state index in [1.807, 2.05) is 26.0 Å². The Morgan fingerprint density at radius 1 is 1.56 bits per heavy atom. The Labute approximate surface area is 112 Å². The molecule has 0 aliphatic rings. The molecule has 0 fully saturated rings.